The molecule has 0 saturated heterocycles. The zero-order chi connectivity index (χ0) is 13.8. The van der Waals surface area contributed by atoms with Crippen LogP contribution in [0.4, 0.5) is 0 Å². The van der Waals surface area contributed by atoms with E-state index in [9.17, 15) is 9.00 Å². The Hall–Kier alpha value is -0.960. The summed E-state index contributed by atoms with van der Waals surface area (Å²) in [4.78, 5) is 12.2. The summed E-state index contributed by atoms with van der Waals surface area (Å²) in [6, 6.07) is 5.82. The third-order valence-corrected chi connectivity index (χ3v) is 5.64. The maximum absolute atomic E-state index is 12.3. The first-order valence-electron chi connectivity index (χ1n) is 7.05. The largest absolute Gasteiger partial charge is 0.293 e. The standard InChI is InChI=1S/C16H22O2S/c1-12-8-9-15(13(2)10-12)16(17)11-19(18)14-6-4-3-5-7-14/h8-10,14H,3-7,11H2,1-2H3. The van der Waals surface area contributed by atoms with E-state index in [1.165, 1.54) is 6.42 Å². The number of carbonyl (C=O) groups excluding carboxylic acids is 1. The summed E-state index contributed by atoms with van der Waals surface area (Å²) >= 11 is 0. The van der Waals surface area contributed by atoms with Gasteiger partial charge in [-0.25, -0.2) is 0 Å². The Morgan fingerprint density at radius 2 is 1.89 bits per heavy atom. The van der Waals surface area contributed by atoms with Gasteiger partial charge in [0.05, 0.1) is 5.75 Å². The predicted molar refractivity (Wildman–Crippen MR) is 80.1 cm³/mol. The number of aryl methyl sites for hydroxylation is 2. The van der Waals surface area contributed by atoms with Crippen LogP contribution in [-0.4, -0.2) is 21.0 Å². The number of carbonyl (C=O) groups is 1. The van der Waals surface area contributed by atoms with Crippen LogP contribution in [-0.2, 0) is 10.8 Å². The van der Waals surface area contributed by atoms with Crippen molar-refractivity contribution >= 4 is 16.6 Å². The van der Waals surface area contributed by atoms with Crippen molar-refractivity contribution in [3.05, 3.63) is 34.9 Å². The van der Waals surface area contributed by atoms with Crippen LogP contribution < -0.4 is 0 Å². The molecule has 0 heterocycles. The van der Waals surface area contributed by atoms with Gasteiger partial charge in [0.1, 0.15) is 0 Å². The van der Waals surface area contributed by atoms with Crippen LogP contribution in [0.5, 0.6) is 0 Å². The lowest BCUT2D eigenvalue weighted by Gasteiger charge is -2.20. The molecule has 0 bridgehead atoms. The molecule has 1 saturated carbocycles. The molecule has 1 aliphatic rings. The van der Waals surface area contributed by atoms with Crippen molar-refractivity contribution in [1.29, 1.82) is 0 Å². The lowest BCUT2D eigenvalue weighted by Crippen LogP contribution is -2.24. The van der Waals surface area contributed by atoms with E-state index in [0.29, 0.717) is 0 Å². The van der Waals surface area contributed by atoms with Gasteiger partial charge in [0, 0.05) is 21.6 Å². The molecular formula is C16H22O2S. The molecule has 0 N–H and O–H groups in total. The van der Waals surface area contributed by atoms with Crippen molar-refractivity contribution in [3.63, 3.8) is 0 Å². The average Bonchev–Trinajstić information content (AvgIpc) is 2.39. The second kappa shape index (κ2) is 6.47. The topological polar surface area (TPSA) is 34.1 Å². The molecule has 1 fully saturated rings. The van der Waals surface area contributed by atoms with Crippen LogP contribution in [0.25, 0.3) is 0 Å². The van der Waals surface area contributed by atoms with Crippen LogP contribution in [0.3, 0.4) is 0 Å². The Morgan fingerprint density at radius 3 is 2.53 bits per heavy atom. The molecule has 0 amide bonds. The van der Waals surface area contributed by atoms with Crippen molar-refractivity contribution in [3.8, 4) is 0 Å². The van der Waals surface area contributed by atoms with E-state index in [4.69, 9.17) is 0 Å². The summed E-state index contributed by atoms with van der Waals surface area (Å²) in [5, 5.41) is 0.239. The molecule has 3 heteroatoms. The number of hydrogen-bond acceptors (Lipinski definition) is 2. The molecule has 1 atom stereocenters. The lowest BCUT2D eigenvalue weighted by molar-refractivity contribution is 0.102. The zero-order valence-electron chi connectivity index (χ0n) is 11.8. The van der Waals surface area contributed by atoms with Gasteiger partial charge in [0.2, 0.25) is 0 Å². The second-order valence-electron chi connectivity index (χ2n) is 5.53. The molecule has 2 nitrogen and oxygen atoms in total. The van der Waals surface area contributed by atoms with Crippen LogP contribution in [0.1, 0.15) is 53.6 Å². The Bertz CT molecular complexity index is 488. The van der Waals surface area contributed by atoms with Crippen molar-refractivity contribution in [2.75, 3.05) is 5.75 Å². The summed E-state index contributed by atoms with van der Waals surface area (Å²) in [6.07, 6.45) is 5.61. The first kappa shape index (κ1) is 14.4. The number of ketones is 1. The minimum Gasteiger partial charge on any atom is -0.293 e. The molecule has 1 aromatic carbocycles. The van der Waals surface area contributed by atoms with Crippen LogP contribution >= 0.6 is 0 Å². The quantitative estimate of drug-likeness (QED) is 0.789. The van der Waals surface area contributed by atoms with E-state index in [-0.39, 0.29) is 16.8 Å². The first-order valence-corrected chi connectivity index (χ1v) is 8.44. The lowest BCUT2D eigenvalue weighted by atomic mass is 10.0. The third kappa shape index (κ3) is 3.75. The number of rotatable bonds is 4. The minimum atomic E-state index is -1.00. The summed E-state index contributed by atoms with van der Waals surface area (Å²) in [6.45, 7) is 3.96. The van der Waals surface area contributed by atoms with Crippen molar-refractivity contribution < 1.29 is 9.00 Å². The third-order valence-electron chi connectivity index (χ3n) is 3.88. The highest BCUT2D eigenvalue weighted by Crippen LogP contribution is 2.23. The van der Waals surface area contributed by atoms with Gasteiger partial charge in [-0.05, 0) is 32.3 Å². The van der Waals surface area contributed by atoms with E-state index < -0.39 is 10.8 Å². The molecule has 1 aliphatic carbocycles. The first-order chi connectivity index (χ1) is 9.08. The van der Waals surface area contributed by atoms with E-state index in [0.717, 1.165) is 42.4 Å². The highest BCUT2D eigenvalue weighted by molar-refractivity contribution is 7.86. The van der Waals surface area contributed by atoms with Crippen molar-refractivity contribution in [2.24, 2.45) is 0 Å². The number of Topliss-reactive ketones (excluding diaryl/α,β-unsaturated/α-hetero) is 1. The smallest absolute Gasteiger partial charge is 0.175 e. The molecule has 1 aromatic rings. The molecule has 2 rings (SSSR count). The summed E-state index contributed by atoms with van der Waals surface area (Å²) in [5.41, 5.74) is 2.88. The fourth-order valence-electron chi connectivity index (χ4n) is 2.78. The molecule has 0 spiro atoms. The van der Waals surface area contributed by atoms with E-state index in [1.807, 2.05) is 32.0 Å². The summed E-state index contributed by atoms with van der Waals surface area (Å²) in [5.74, 6) is 0.218. The number of benzene rings is 1. The fraction of sp³-hybridized carbons (Fsp3) is 0.562. The summed E-state index contributed by atoms with van der Waals surface area (Å²) < 4.78 is 12.3. The van der Waals surface area contributed by atoms with Crippen LogP contribution in [0.15, 0.2) is 18.2 Å². The van der Waals surface area contributed by atoms with Gasteiger partial charge in [-0.15, -0.1) is 0 Å². The highest BCUT2D eigenvalue weighted by Gasteiger charge is 2.22. The maximum atomic E-state index is 12.3. The van der Waals surface area contributed by atoms with Gasteiger partial charge >= 0.3 is 0 Å². The SMILES string of the molecule is Cc1ccc(C(=O)CS(=O)C2CCCCC2)c(C)c1. The Morgan fingerprint density at radius 1 is 1.21 bits per heavy atom. The van der Waals surface area contributed by atoms with Gasteiger partial charge < -0.3 is 0 Å². The van der Waals surface area contributed by atoms with Crippen molar-refractivity contribution in [2.45, 2.75) is 51.2 Å². The van der Waals surface area contributed by atoms with Gasteiger partial charge in [0.25, 0.3) is 0 Å². The Kier molecular flexibility index (Phi) is 4.92. The van der Waals surface area contributed by atoms with Gasteiger partial charge in [-0.3, -0.25) is 9.00 Å². The molecule has 104 valence electrons. The number of hydrogen-bond donors (Lipinski definition) is 0. The summed E-state index contributed by atoms with van der Waals surface area (Å²) in [7, 11) is -1.00. The molecular weight excluding hydrogens is 256 g/mol. The zero-order valence-corrected chi connectivity index (χ0v) is 12.6. The van der Waals surface area contributed by atoms with E-state index in [2.05, 4.69) is 0 Å². The normalized spacial score (nSPS) is 18.2. The Balaban J connectivity index is 2.02. The van der Waals surface area contributed by atoms with Gasteiger partial charge in [0.15, 0.2) is 5.78 Å². The monoisotopic (exact) mass is 278 g/mol. The highest BCUT2D eigenvalue weighted by atomic mass is 32.2. The molecule has 0 aliphatic heterocycles. The molecule has 0 aromatic heterocycles. The van der Waals surface area contributed by atoms with Crippen LogP contribution in [0, 0.1) is 13.8 Å². The van der Waals surface area contributed by atoms with Crippen molar-refractivity contribution in [1.82, 2.24) is 0 Å². The molecule has 19 heavy (non-hydrogen) atoms. The minimum absolute atomic E-state index is 0.0291. The van der Waals surface area contributed by atoms with E-state index in [1.54, 1.807) is 0 Å². The second-order valence-corrected chi connectivity index (χ2v) is 7.24. The molecule has 1 unspecified atom stereocenters. The van der Waals surface area contributed by atoms with Gasteiger partial charge in [-0.1, -0.05) is 43.0 Å². The average molecular weight is 278 g/mol. The fourth-order valence-corrected chi connectivity index (χ4v) is 4.29. The van der Waals surface area contributed by atoms with Gasteiger partial charge in [-0.2, -0.15) is 0 Å². The Labute approximate surface area is 118 Å². The molecule has 0 radical (unpaired) electrons. The predicted octanol–water partition coefficient (Wildman–Crippen LogP) is 3.57. The maximum Gasteiger partial charge on any atom is 0.175 e. The van der Waals surface area contributed by atoms with Crippen LogP contribution in [0.2, 0.25) is 0 Å². The van der Waals surface area contributed by atoms with E-state index >= 15 is 0 Å².